The van der Waals surface area contributed by atoms with E-state index in [1.54, 1.807) is 0 Å². The maximum absolute atomic E-state index is 12.2. The van der Waals surface area contributed by atoms with Gasteiger partial charge in [-0.15, -0.1) is 5.10 Å². The summed E-state index contributed by atoms with van der Waals surface area (Å²) in [6, 6.07) is 7.32. The van der Waals surface area contributed by atoms with Gasteiger partial charge in [0.15, 0.2) is 0 Å². The Kier molecular flexibility index (Phi) is 3.65. The molecule has 1 amide bonds. The zero-order valence-electron chi connectivity index (χ0n) is 12.2. The molecule has 3 rings (SSSR count). The summed E-state index contributed by atoms with van der Waals surface area (Å²) in [7, 11) is 0. The van der Waals surface area contributed by atoms with Crippen molar-refractivity contribution in [2.24, 2.45) is 0 Å². The van der Waals surface area contributed by atoms with Gasteiger partial charge in [-0.05, 0) is 42.5 Å². The molecule has 0 saturated heterocycles. The number of benzene rings is 1. The third-order valence-corrected chi connectivity index (χ3v) is 3.36. The largest absolute Gasteiger partial charge is 0.326 e. The zero-order chi connectivity index (χ0) is 15.5. The van der Waals surface area contributed by atoms with Crippen LogP contribution in [0.25, 0.3) is 5.69 Å². The average molecular weight is 297 g/mol. The Labute approximate surface area is 126 Å². The van der Waals surface area contributed by atoms with Crippen molar-refractivity contribution in [1.29, 1.82) is 0 Å². The van der Waals surface area contributed by atoms with E-state index in [9.17, 15) is 4.79 Å². The minimum atomic E-state index is -0.0959. The van der Waals surface area contributed by atoms with Crippen molar-refractivity contribution in [1.82, 2.24) is 30.4 Å². The fraction of sp³-hybridized carbons (Fsp3) is 0.214. The number of H-pyrrole nitrogens is 1. The number of aromatic nitrogens is 6. The normalized spacial score (nSPS) is 10.6. The van der Waals surface area contributed by atoms with E-state index < -0.39 is 0 Å². The molecule has 0 aliphatic carbocycles. The molecular weight excluding hydrogens is 282 g/mol. The third kappa shape index (κ3) is 2.85. The summed E-state index contributed by atoms with van der Waals surface area (Å²) < 4.78 is 1.53. The van der Waals surface area contributed by atoms with Gasteiger partial charge in [0.25, 0.3) is 0 Å². The van der Waals surface area contributed by atoms with E-state index in [0.717, 1.165) is 22.6 Å². The molecular formula is C14H15N7O. The van der Waals surface area contributed by atoms with Gasteiger partial charge in [-0.2, -0.15) is 5.10 Å². The lowest BCUT2D eigenvalue weighted by atomic mass is 10.1. The van der Waals surface area contributed by atoms with Gasteiger partial charge in [0.2, 0.25) is 5.91 Å². The number of carbonyl (C=O) groups is 1. The van der Waals surface area contributed by atoms with E-state index >= 15 is 0 Å². The molecule has 22 heavy (non-hydrogen) atoms. The topological polar surface area (TPSA) is 101 Å². The highest BCUT2D eigenvalue weighted by molar-refractivity contribution is 5.92. The number of hydrogen-bond acceptors (Lipinski definition) is 5. The van der Waals surface area contributed by atoms with Gasteiger partial charge >= 0.3 is 0 Å². The number of anilines is 1. The first-order valence-electron chi connectivity index (χ1n) is 6.77. The van der Waals surface area contributed by atoms with E-state index in [1.807, 2.05) is 38.1 Å². The molecule has 0 atom stereocenters. The summed E-state index contributed by atoms with van der Waals surface area (Å²) in [5.41, 5.74) is 4.15. The third-order valence-electron chi connectivity index (χ3n) is 3.36. The van der Waals surface area contributed by atoms with Gasteiger partial charge < -0.3 is 5.32 Å². The van der Waals surface area contributed by atoms with Crippen LogP contribution in [0, 0.1) is 13.8 Å². The van der Waals surface area contributed by atoms with Crippen LogP contribution in [0.2, 0.25) is 0 Å². The number of aromatic amines is 1. The lowest BCUT2D eigenvalue weighted by Gasteiger charge is -2.07. The highest BCUT2D eigenvalue weighted by atomic mass is 16.1. The Morgan fingerprint density at radius 3 is 2.91 bits per heavy atom. The number of aryl methyl sites for hydroxylation is 2. The molecule has 1 aromatic carbocycles. The van der Waals surface area contributed by atoms with Gasteiger partial charge in [0, 0.05) is 16.9 Å². The molecule has 0 aliphatic heterocycles. The molecule has 112 valence electrons. The summed E-state index contributed by atoms with van der Waals surface area (Å²) in [5, 5.41) is 20.9. The van der Waals surface area contributed by atoms with Crippen molar-refractivity contribution in [2.45, 2.75) is 20.3 Å². The number of amides is 1. The van der Waals surface area contributed by atoms with Crippen LogP contribution in [-0.2, 0) is 11.2 Å². The lowest BCUT2D eigenvalue weighted by Crippen LogP contribution is -2.15. The number of nitrogens with one attached hydrogen (secondary N) is 2. The number of rotatable bonds is 4. The number of hydrogen-bond donors (Lipinski definition) is 2. The summed E-state index contributed by atoms with van der Waals surface area (Å²) in [6.07, 6.45) is 1.78. The Morgan fingerprint density at radius 1 is 1.36 bits per heavy atom. The van der Waals surface area contributed by atoms with Crippen molar-refractivity contribution in [3.63, 3.8) is 0 Å². The molecule has 0 fully saturated rings. The highest BCUT2D eigenvalue weighted by Gasteiger charge is 2.12. The van der Waals surface area contributed by atoms with E-state index in [0.29, 0.717) is 5.69 Å². The maximum Gasteiger partial charge on any atom is 0.228 e. The van der Waals surface area contributed by atoms with Crippen molar-refractivity contribution in [2.75, 3.05) is 5.32 Å². The SMILES string of the molecule is Cc1n[nH]c(C)c1CC(=O)Nc1cccc(-n2cnnn2)c1. The van der Waals surface area contributed by atoms with Crippen LogP contribution in [0.15, 0.2) is 30.6 Å². The Morgan fingerprint density at radius 2 is 2.23 bits per heavy atom. The molecule has 3 aromatic rings. The molecule has 8 nitrogen and oxygen atoms in total. The quantitative estimate of drug-likeness (QED) is 0.753. The smallest absolute Gasteiger partial charge is 0.228 e. The highest BCUT2D eigenvalue weighted by Crippen LogP contribution is 2.15. The molecule has 0 aliphatic rings. The van der Waals surface area contributed by atoms with Gasteiger partial charge in [-0.25, -0.2) is 4.68 Å². The maximum atomic E-state index is 12.2. The molecule has 0 saturated carbocycles. The monoisotopic (exact) mass is 297 g/mol. The number of tetrazole rings is 1. The predicted molar refractivity (Wildman–Crippen MR) is 79.5 cm³/mol. The number of carbonyl (C=O) groups excluding carboxylic acids is 1. The molecule has 2 N–H and O–H groups in total. The Hall–Kier alpha value is -3.03. The van der Waals surface area contributed by atoms with Crippen molar-refractivity contribution < 1.29 is 4.79 Å². The van der Waals surface area contributed by atoms with Crippen molar-refractivity contribution >= 4 is 11.6 Å². The first-order chi connectivity index (χ1) is 10.6. The minimum Gasteiger partial charge on any atom is -0.326 e. The van der Waals surface area contributed by atoms with Crippen LogP contribution in [0.4, 0.5) is 5.69 Å². The summed E-state index contributed by atoms with van der Waals surface area (Å²) in [6.45, 7) is 3.78. The second-order valence-corrected chi connectivity index (χ2v) is 4.94. The molecule has 0 unspecified atom stereocenters. The zero-order valence-corrected chi connectivity index (χ0v) is 12.2. The first kappa shape index (κ1) is 13.9. The summed E-state index contributed by atoms with van der Waals surface area (Å²) >= 11 is 0. The molecule has 2 aromatic heterocycles. The van der Waals surface area contributed by atoms with Crippen LogP contribution in [0.5, 0.6) is 0 Å². The summed E-state index contributed by atoms with van der Waals surface area (Å²) in [4.78, 5) is 12.2. The molecule has 2 heterocycles. The fourth-order valence-corrected chi connectivity index (χ4v) is 2.21. The van der Waals surface area contributed by atoms with Crippen molar-refractivity contribution in [3.8, 4) is 5.69 Å². The Bertz CT molecular complexity index is 772. The van der Waals surface area contributed by atoms with Crippen molar-refractivity contribution in [3.05, 3.63) is 47.5 Å². The van der Waals surface area contributed by atoms with Crippen LogP contribution in [-0.4, -0.2) is 36.3 Å². The van der Waals surface area contributed by atoms with Crippen LogP contribution < -0.4 is 5.32 Å². The summed E-state index contributed by atoms with van der Waals surface area (Å²) in [5.74, 6) is -0.0959. The van der Waals surface area contributed by atoms with E-state index in [1.165, 1.54) is 11.0 Å². The molecule has 8 heteroatoms. The number of nitrogens with zero attached hydrogens (tertiary/aromatic N) is 5. The van der Waals surface area contributed by atoms with Gasteiger partial charge in [0.1, 0.15) is 6.33 Å². The van der Waals surface area contributed by atoms with E-state index in [2.05, 4.69) is 31.0 Å². The minimum absolute atomic E-state index is 0.0959. The average Bonchev–Trinajstić information content (AvgIpc) is 3.13. The van der Waals surface area contributed by atoms with Gasteiger partial charge in [-0.1, -0.05) is 6.07 Å². The van der Waals surface area contributed by atoms with Crippen LogP contribution in [0.1, 0.15) is 17.0 Å². The second kappa shape index (κ2) is 5.76. The second-order valence-electron chi connectivity index (χ2n) is 4.94. The molecule has 0 spiro atoms. The molecule has 0 radical (unpaired) electrons. The molecule has 0 bridgehead atoms. The Balaban J connectivity index is 1.73. The first-order valence-corrected chi connectivity index (χ1v) is 6.77. The predicted octanol–water partition coefficient (Wildman–Crippen LogP) is 1.18. The fourth-order valence-electron chi connectivity index (χ4n) is 2.21. The van der Waals surface area contributed by atoms with E-state index in [4.69, 9.17) is 0 Å². The van der Waals surface area contributed by atoms with E-state index in [-0.39, 0.29) is 12.3 Å². The van der Waals surface area contributed by atoms with Gasteiger partial charge in [-0.3, -0.25) is 9.89 Å². The van der Waals surface area contributed by atoms with Crippen LogP contribution >= 0.6 is 0 Å². The lowest BCUT2D eigenvalue weighted by molar-refractivity contribution is -0.115. The standard InChI is InChI=1S/C14H15N7O/c1-9-13(10(2)18-17-9)7-14(22)16-11-4-3-5-12(6-11)21-8-15-19-20-21/h3-6,8H,7H2,1-2H3,(H,16,22)(H,17,18). The van der Waals surface area contributed by atoms with Crippen LogP contribution in [0.3, 0.4) is 0 Å². The van der Waals surface area contributed by atoms with Gasteiger partial charge in [0.05, 0.1) is 17.8 Å².